The van der Waals surface area contributed by atoms with Gasteiger partial charge in [0, 0.05) is 6.54 Å². The van der Waals surface area contributed by atoms with Crippen LogP contribution in [0.4, 0.5) is 0 Å². The third kappa shape index (κ3) is 4.07. The van der Waals surface area contributed by atoms with Gasteiger partial charge in [-0.2, -0.15) is 0 Å². The molecule has 1 saturated heterocycles. The normalized spacial score (nSPS) is 20.4. The molecular formula is C10H19NO3. The van der Waals surface area contributed by atoms with Crippen LogP contribution in [0.15, 0.2) is 0 Å². The van der Waals surface area contributed by atoms with Crippen LogP contribution in [0.3, 0.4) is 0 Å². The van der Waals surface area contributed by atoms with Gasteiger partial charge in [-0.15, -0.1) is 0 Å². The molecule has 0 aromatic heterocycles. The molecule has 4 nitrogen and oxygen atoms in total. The first-order chi connectivity index (χ1) is 6.72. The fourth-order valence-electron chi connectivity index (χ4n) is 1.78. The van der Waals surface area contributed by atoms with E-state index in [1.807, 2.05) is 0 Å². The minimum Gasteiger partial charge on any atom is -0.469 e. The van der Waals surface area contributed by atoms with E-state index in [9.17, 15) is 9.90 Å². The molecule has 14 heavy (non-hydrogen) atoms. The van der Waals surface area contributed by atoms with E-state index in [0.717, 1.165) is 13.1 Å². The van der Waals surface area contributed by atoms with E-state index < -0.39 is 6.10 Å². The van der Waals surface area contributed by atoms with Gasteiger partial charge in [0.15, 0.2) is 0 Å². The molecule has 0 radical (unpaired) electrons. The minimum atomic E-state index is -0.583. The number of rotatable bonds is 4. The van der Waals surface area contributed by atoms with Gasteiger partial charge in [0.1, 0.15) is 0 Å². The van der Waals surface area contributed by atoms with Gasteiger partial charge in [-0.1, -0.05) is 6.42 Å². The lowest BCUT2D eigenvalue weighted by molar-refractivity contribution is -0.143. The van der Waals surface area contributed by atoms with Crippen LogP contribution in [-0.2, 0) is 9.53 Å². The lowest BCUT2D eigenvalue weighted by atomic mass is 10.1. The molecule has 0 aliphatic carbocycles. The topological polar surface area (TPSA) is 49.8 Å². The molecule has 4 heteroatoms. The van der Waals surface area contributed by atoms with E-state index in [4.69, 9.17) is 0 Å². The van der Waals surface area contributed by atoms with E-state index in [1.54, 1.807) is 0 Å². The molecule has 1 fully saturated rings. The van der Waals surface area contributed by atoms with Gasteiger partial charge < -0.3 is 14.7 Å². The number of aliphatic hydroxyl groups excluding tert-OH is 1. The third-order valence-electron chi connectivity index (χ3n) is 2.55. The zero-order valence-electron chi connectivity index (χ0n) is 8.74. The number of β-amino-alcohol motifs (C(OH)–C–C–N with tert-alkyl or cyclic N) is 1. The number of aliphatic hydroxyl groups is 1. The summed E-state index contributed by atoms with van der Waals surface area (Å²) in [6.45, 7) is 2.67. The maximum atomic E-state index is 10.9. The average molecular weight is 201 g/mol. The molecule has 1 aliphatic heterocycles. The van der Waals surface area contributed by atoms with E-state index >= 15 is 0 Å². The van der Waals surface area contributed by atoms with Crippen LogP contribution < -0.4 is 0 Å². The molecule has 82 valence electrons. The largest absolute Gasteiger partial charge is 0.469 e. The van der Waals surface area contributed by atoms with Crippen molar-refractivity contribution in [3.8, 4) is 0 Å². The van der Waals surface area contributed by atoms with E-state index in [-0.39, 0.29) is 12.4 Å². The minimum absolute atomic E-state index is 0.104. The predicted octanol–water partition coefficient (Wildman–Crippen LogP) is 0.396. The van der Waals surface area contributed by atoms with Crippen LogP contribution in [0.1, 0.15) is 25.7 Å². The third-order valence-corrected chi connectivity index (χ3v) is 2.55. The van der Waals surface area contributed by atoms with Crippen molar-refractivity contribution in [1.29, 1.82) is 0 Å². The number of methoxy groups -OCH3 is 1. The summed E-state index contributed by atoms with van der Waals surface area (Å²) in [6, 6.07) is 0. The Morgan fingerprint density at radius 1 is 1.43 bits per heavy atom. The van der Waals surface area contributed by atoms with Crippen molar-refractivity contribution in [2.75, 3.05) is 26.7 Å². The Balaban J connectivity index is 2.18. The van der Waals surface area contributed by atoms with Crippen LogP contribution in [0.25, 0.3) is 0 Å². The average Bonchev–Trinajstić information content (AvgIpc) is 2.19. The molecule has 1 atom stereocenters. The van der Waals surface area contributed by atoms with Gasteiger partial charge in [0.25, 0.3) is 0 Å². The van der Waals surface area contributed by atoms with Crippen molar-refractivity contribution in [2.24, 2.45) is 0 Å². The van der Waals surface area contributed by atoms with Gasteiger partial charge in [-0.05, 0) is 25.9 Å². The summed E-state index contributed by atoms with van der Waals surface area (Å²) in [5, 5.41) is 9.56. The Hall–Kier alpha value is -0.610. The highest BCUT2D eigenvalue weighted by atomic mass is 16.5. The van der Waals surface area contributed by atoms with Crippen molar-refractivity contribution >= 4 is 5.97 Å². The number of piperidine rings is 1. The van der Waals surface area contributed by atoms with Crippen molar-refractivity contribution in [3.05, 3.63) is 0 Å². The van der Waals surface area contributed by atoms with Gasteiger partial charge in [-0.25, -0.2) is 0 Å². The number of nitrogens with zero attached hydrogens (tertiary/aromatic N) is 1. The summed E-state index contributed by atoms with van der Waals surface area (Å²) in [4.78, 5) is 13.1. The van der Waals surface area contributed by atoms with E-state index in [0.29, 0.717) is 6.54 Å². The van der Waals surface area contributed by atoms with Gasteiger partial charge in [0.2, 0.25) is 0 Å². The Bertz CT molecular complexity index is 178. The molecule has 1 heterocycles. The molecule has 0 bridgehead atoms. The molecule has 0 amide bonds. The first-order valence-corrected chi connectivity index (χ1v) is 5.19. The first kappa shape index (κ1) is 11.5. The second-order valence-electron chi connectivity index (χ2n) is 3.80. The van der Waals surface area contributed by atoms with Crippen molar-refractivity contribution in [2.45, 2.75) is 31.8 Å². The highest BCUT2D eigenvalue weighted by molar-refractivity contribution is 5.69. The fraction of sp³-hybridized carbons (Fsp3) is 0.900. The van der Waals surface area contributed by atoms with Crippen LogP contribution >= 0.6 is 0 Å². The predicted molar refractivity (Wildman–Crippen MR) is 52.9 cm³/mol. The van der Waals surface area contributed by atoms with Crippen LogP contribution in [0, 0.1) is 0 Å². The molecule has 0 spiro atoms. The fourth-order valence-corrected chi connectivity index (χ4v) is 1.78. The molecule has 1 aliphatic rings. The maximum absolute atomic E-state index is 10.9. The number of likely N-dealkylation sites (tertiary alicyclic amines) is 1. The van der Waals surface area contributed by atoms with Crippen LogP contribution in [0.5, 0.6) is 0 Å². The van der Waals surface area contributed by atoms with E-state index in [1.165, 1.54) is 26.4 Å². The van der Waals surface area contributed by atoms with Crippen molar-refractivity contribution < 1.29 is 14.6 Å². The number of carbonyl (C=O) groups excluding carboxylic acids is 1. The number of carbonyl (C=O) groups is 1. The summed E-state index contributed by atoms with van der Waals surface area (Å²) in [5.74, 6) is -0.338. The second-order valence-corrected chi connectivity index (χ2v) is 3.80. The summed E-state index contributed by atoms with van der Waals surface area (Å²) < 4.78 is 4.49. The standard InChI is InChI=1S/C10H19NO3/c1-14-10(13)7-9(12)8-11-5-3-2-4-6-11/h9,12H,2-8H2,1H3. The summed E-state index contributed by atoms with van der Waals surface area (Å²) in [6.07, 6.45) is 3.20. The second kappa shape index (κ2) is 5.98. The summed E-state index contributed by atoms with van der Waals surface area (Å²) in [5.41, 5.74) is 0. The SMILES string of the molecule is COC(=O)CC(O)CN1CCCCC1. The number of hydrogen-bond acceptors (Lipinski definition) is 4. The zero-order valence-corrected chi connectivity index (χ0v) is 8.74. The number of esters is 1. The molecule has 0 aromatic carbocycles. The monoisotopic (exact) mass is 201 g/mol. The lowest BCUT2D eigenvalue weighted by Gasteiger charge is -2.28. The Morgan fingerprint density at radius 2 is 2.07 bits per heavy atom. The van der Waals surface area contributed by atoms with Gasteiger partial charge in [-0.3, -0.25) is 4.79 Å². The van der Waals surface area contributed by atoms with Crippen molar-refractivity contribution in [3.63, 3.8) is 0 Å². The molecule has 0 saturated carbocycles. The van der Waals surface area contributed by atoms with Crippen LogP contribution in [-0.4, -0.2) is 48.8 Å². The lowest BCUT2D eigenvalue weighted by Crippen LogP contribution is -2.37. The Labute approximate surface area is 84.8 Å². The molecule has 1 rings (SSSR count). The first-order valence-electron chi connectivity index (χ1n) is 5.19. The highest BCUT2D eigenvalue weighted by Crippen LogP contribution is 2.09. The summed E-state index contributed by atoms with van der Waals surface area (Å²) in [7, 11) is 1.34. The van der Waals surface area contributed by atoms with Gasteiger partial charge in [0.05, 0.1) is 19.6 Å². The number of hydrogen-bond donors (Lipinski definition) is 1. The number of ether oxygens (including phenoxy) is 1. The quantitative estimate of drug-likeness (QED) is 0.669. The van der Waals surface area contributed by atoms with Crippen molar-refractivity contribution in [1.82, 2.24) is 4.90 Å². The zero-order chi connectivity index (χ0) is 10.4. The molecule has 0 aromatic rings. The van der Waals surface area contributed by atoms with Gasteiger partial charge >= 0.3 is 5.97 Å². The Morgan fingerprint density at radius 3 is 2.64 bits per heavy atom. The summed E-state index contributed by atoms with van der Waals surface area (Å²) >= 11 is 0. The Kier molecular flexibility index (Phi) is 4.90. The molecule has 1 unspecified atom stereocenters. The molecule has 1 N–H and O–H groups in total. The van der Waals surface area contributed by atoms with Crippen LogP contribution in [0.2, 0.25) is 0 Å². The molecular weight excluding hydrogens is 182 g/mol. The maximum Gasteiger partial charge on any atom is 0.308 e. The highest BCUT2D eigenvalue weighted by Gasteiger charge is 2.16. The van der Waals surface area contributed by atoms with E-state index in [2.05, 4.69) is 9.64 Å². The smallest absolute Gasteiger partial charge is 0.308 e.